The number of hydrogen-bond acceptors (Lipinski definition) is 2. The van der Waals surface area contributed by atoms with E-state index >= 15 is 0 Å². The van der Waals surface area contributed by atoms with Gasteiger partial charge in [-0.1, -0.05) is 6.92 Å². The van der Waals surface area contributed by atoms with Crippen molar-refractivity contribution < 1.29 is 0 Å². The molecule has 0 heterocycles. The maximum Gasteiger partial charge on any atom is 0.00952 e. The van der Waals surface area contributed by atoms with Crippen molar-refractivity contribution in [3.63, 3.8) is 0 Å². The summed E-state index contributed by atoms with van der Waals surface area (Å²) in [6, 6.07) is 2.48. The highest BCUT2D eigenvalue weighted by molar-refractivity contribution is 4.82. The summed E-state index contributed by atoms with van der Waals surface area (Å²) >= 11 is 0. The Bertz CT molecular complexity index is 229. The van der Waals surface area contributed by atoms with Gasteiger partial charge in [0.25, 0.3) is 0 Å². The van der Waals surface area contributed by atoms with Crippen molar-refractivity contribution in [3.05, 3.63) is 0 Å². The fraction of sp³-hybridized carbons (Fsp3) is 1.00. The highest BCUT2D eigenvalue weighted by atomic mass is 15.2. The van der Waals surface area contributed by atoms with Crippen LogP contribution in [-0.4, -0.2) is 36.6 Å². The molecule has 0 saturated heterocycles. The third-order valence-corrected chi connectivity index (χ3v) is 5.07. The third kappa shape index (κ3) is 4.55. The average molecular weight is 252 g/mol. The summed E-state index contributed by atoms with van der Waals surface area (Å²) in [6.45, 7) is 6.04. The van der Waals surface area contributed by atoms with E-state index in [9.17, 15) is 0 Å². The molecule has 1 unspecified atom stereocenters. The van der Waals surface area contributed by atoms with Crippen molar-refractivity contribution >= 4 is 0 Å². The van der Waals surface area contributed by atoms with E-state index in [1.54, 1.807) is 0 Å². The van der Waals surface area contributed by atoms with E-state index in [-0.39, 0.29) is 0 Å². The molecule has 2 aliphatic carbocycles. The van der Waals surface area contributed by atoms with Gasteiger partial charge in [-0.2, -0.15) is 0 Å². The quantitative estimate of drug-likeness (QED) is 0.699. The van der Waals surface area contributed by atoms with E-state index in [4.69, 9.17) is 0 Å². The Morgan fingerprint density at radius 3 is 2.39 bits per heavy atom. The van der Waals surface area contributed by atoms with Crippen molar-refractivity contribution in [2.24, 2.45) is 5.92 Å². The zero-order valence-electron chi connectivity index (χ0n) is 12.6. The molecule has 18 heavy (non-hydrogen) atoms. The summed E-state index contributed by atoms with van der Waals surface area (Å²) in [4.78, 5) is 2.66. The Balaban J connectivity index is 1.59. The normalized spacial score (nSPS) is 30.7. The second-order valence-electron chi connectivity index (χ2n) is 6.80. The lowest BCUT2D eigenvalue weighted by molar-refractivity contribution is 0.125. The maximum atomic E-state index is 3.62. The van der Waals surface area contributed by atoms with E-state index in [0.29, 0.717) is 0 Å². The largest absolute Gasteiger partial charge is 0.314 e. The molecule has 0 radical (unpaired) electrons. The van der Waals surface area contributed by atoms with Crippen LogP contribution < -0.4 is 5.32 Å². The van der Waals surface area contributed by atoms with Gasteiger partial charge < -0.3 is 10.2 Å². The zero-order chi connectivity index (χ0) is 13.0. The minimum Gasteiger partial charge on any atom is -0.314 e. The third-order valence-electron chi connectivity index (χ3n) is 5.07. The molecule has 0 aliphatic heterocycles. The molecule has 106 valence electrons. The second-order valence-corrected chi connectivity index (χ2v) is 6.80. The first-order valence-corrected chi connectivity index (χ1v) is 8.12. The van der Waals surface area contributed by atoms with Crippen LogP contribution in [-0.2, 0) is 0 Å². The summed E-state index contributed by atoms with van der Waals surface area (Å²) in [6.07, 6.45) is 11.2. The predicted octanol–water partition coefficient (Wildman–Crippen LogP) is 3.42. The van der Waals surface area contributed by atoms with Gasteiger partial charge in [-0.05, 0) is 77.8 Å². The minimum absolute atomic E-state index is 0.754. The lowest BCUT2D eigenvalue weighted by Crippen LogP contribution is -2.40. The molecular formula is C16H32N2. The summed E-state index contributed by atoms with van der Waals surface area (Å²) in [7, 11) is 2.35. The summed E-state index contributed by atoms with van der Waals surface area (Å²) in [5, 5.41) is 3.62. The molecule has 1 N–H and O–H groups in total. The Morgan fingerprint density at radius 2 is 1.78 bits per heavy atom. The monoisotopic (exact) mass is 252 g/mol. The average Bonchev–Trinajstić information content (AvgIpc) is 3.18. The molecular weight excluding hydrogens is 220 g/mol. The van der Waals surface area contributed by atoms with E-state index in [0.717, 1.165) is 24.0 Å². The van der Waals surface area contributed by atoms with Crippen LogP contribution in [0.15, 0.2) is 0 Å². The molecule has 0 amide bonds. The lowest BCUT2D eigenvalue weighted by atomic mass is 9.86. The molecule has 2 saturated carbocycles. The van der Waals surface area contributed by atoms with Gasteiger partial charge in [0, 0.05) is 18.1 Å². The summed E-state index contributed by atoms with van der Waals surface area (Å²) < 4.78 is 0. The van der Waals surface area contributed by atoms with Crippen molar-refractivity contribution in [3.8, 4) is 0 Å². The zero-order valence-corrected chi connectivity index (χ0v) is 12.6. The molecule has 0 aromatic rings. The molecule has 0 spiro atoms. The highest BCUT2D eigenvalue weighted by Gasteiger charge is 2.24. The van der Waals surface area contributed by atoms with Crippen LogP contribution in [0.4, 0.5) is 0 Å². The van der Waals surface area contributed by atoms with E-state index in [1.807, 2.05) is 0 Å². The molecule has 0 aromatic carbocycles. The Hall–Kier alpha value is -0.0800. The molecule has 2 heteroatoms. The topological polar surface area (TPSA) is 15.3 Å². The number of nitrogens with zero attached hydrogens (tertiary/aromatic N) is 1. The summed E-state index contributed by atoms with van der Waals surface area (Å²) in [5.41, 5.74) is 0. The molecule has 0 aromatic heterocycles. The Labute approximate surface area is 114 Å². The van der Waals surface area contributed by atoms with Gasteiger partial charge in [0.05, 0.1) is 0 Å². The number of nitrogens with one attached hydrogen (secondary N) is 1. The van der Waals surface area contributed by atoms with Crippen LogP contribution >= 0.6 is 0 Å². The first-order chi connectivity index (χ1) is 8.66. The van der Waals surface area contributed by atoms with Gasteiger partial charge in [0.1, 0.15) is 0 Å². The number of hydrogen-bond donors (Lipinski definition) is 1. The van der Waals surface area contributed by atoms with Crippen molar-refractivity contribution in [1.82, 2.24) is 10.2 Å². The molecule has 0 bridgehead atoms. The van der Waals surface area contributed by atoms with Crippen LogP contribution in [0, 0.1) is 5.92 Å². The fourth-order valence-corrected chi connectivity index (χ4v) is 3.20. The van der Waals surface area contributed by atoms with Crippen LogP contribution in [0.1, 0.15) is 65.2 Å². The van der Waals surface area contributed by atoms with Crippen molar-refractivity contribution in [1.29, 1.82) is 0 Å². The van der Waals surface area contributed by atoms with Gasteiger partial charge in [0.15, 0.2) is 0 Å². The first-order valence-electron chi connectivity index (χ1n) is 8.12. The number of rotatable bonds is 7. The highest BCUT2D eigenvalue weighted by Crippen LogP contribution is 2.28. The SMILES string of the molecule is CC1CCC(N(C)C(C)CCCNC2CC2)CC1. The first kappa shape index (κ1) is 14.3. The van der Waals surface area contributed by atoms with Crippen LogP contribution in [0.25, 0.3) is 0 Å². The van der Waals surface area contributed by atoms with Gasteiger partial charge in [-0.3, -0.25) is 0 Å². The minimum atomic E-state index is 0.754. The van der Waals surface area contributed by atoms with Crippen LogP contribution in [0.3, 0.4) is 0 Å². The molecule has 2 fully saturated rings. The Morgan fingerprint density at radius 1 is 1.11 bits per heavy atom. The summed E-state index contributed by atoms with van der Waals surface area (Å²) in [5.74, 6) is 0.965. The molecule has 2 nitrogen and oxygen atoms in total. The van der Waals surface area contributed by atoms with Gasteiger partial charge in [0.2, 0.25) is 0 Å². The van der Waals surface area contributed by atoms with Gasteiger partial charge in [-0.15, -0.1) is 0 Å². The van der Waals surface area contributed by atoms with E-state index in [1.165, 1.54) is 57.9 Å². The van der Waals surface area contributed by atoms with Gasteiger partial charge in [-0.25, -0.2) is 0 Å². The predicted molar refractivity (Wildman–Crippen MR) is 78.9 cm³/mol. The van der Waals surface area contributed by atoms with Gasteiger partial charge >= 0.3 is 0 Å². The van der Waals surface area contributed by atoms with Crippen LogP contribution in [0.2, 0.25) is 0 Å². The van der Waals surface area contributed by atoms with E-state index < -0.39 is 0 Å². The maximum absolute atomic E-state index is 3.62. The smallest absolute Gasteiger partial charge is 0.00952 e. The Kier molecular flexibility index (Phi) is 5.50. The standard InChI is InChI=1S/C16H32N2/c1-13-6-10-16(11-7-13)18(3)14(2)5-4-12-17-15-8-9-15/h13-17H,4-12H2,1-3H3. The van der Waals surface area contributed by atoms with Crippen molar-refractivity contribution in [2.45, 2.75) is 83.3 Å². The second kappa shape index (κ2) is 6.91. The molecule has 2 rings (SSSR count). The molecule has 2 aliphatic rings. The fourth-order valence-electron chi connectivity index (χ4n) is 3.20. The van der Waals surface area contributed by atoms with Crippen molar-refractivity contribution in [2.75, 3.05) is 13.6 Å². The van der Waals surface area contributed by atoms with Crippen LogP contribution in [0.5, 0.6) is 0 Å². The molecule has 1 atom stereocenters. The van der Waals surface area contributed by atoms with E-state index in [2.05, 4.69) is 31.1 Å². The lowest BCUT2D eigenvalue weighted by Gasteiger charge is -2.37.